The van der Waals surface area contributed by atoms with Gasteiger partial charge in [0.15, 0.2) is 0 Å². The lowest BCUT2D eigenvalue weighted by molar-refractivity contribution is 0.0734. The van der Waals surface area contributed by atoms with Crippen LogP contribution in [0.3, 0.4) is 0 Å². The normalized spacial score (nSPS) is 11.4. The van der Waals surface area contributed by atoms with E-state index in [9.17, 15) is 9.90 Å². The first-order valence-electron chi connectivity index (χ1n) is 7.92. The Labute approximate surface area is 151 Å². The molecule has 26 heavy (non-hydrogen) atoms. The molecule has 5 heteroatoms. The topological polar surface area (TPSA) is 72.3 Å². The van der Waals surface area contributed by atoms with Gasteiger partial charge in [0.25, 0.3) is 0 Å². The molecule has 0 saturated carbocycles. The highest BCUT2D eigenvalue weighted by atomic mass is 16.5. The second kappa shape index (κ2) is 7.60. The van der Waals surface area contributed by atoms with Gasteiger partial charge in [-0.05, 0) is 42.3 Å². The van der Waals surface area contributed by atoms with Crippen molar-refractivity contribution in [1.82, 2.24) is 9.97 Å². The third-order valence-electron chi connectivity index (χ3n) is 3.80. The first-order chi connectivity index (χ1) is 12.6. The Morgan fingerprint density at radius 3 is 2.23 bits per heavy atom. The van der Waals surface area contributed by atoms with Crippen molar-refractivity contribution in [3.05, 3.63) is 77.9 Å². The Morgan fingerprint density at radius 2 is 1.65 bits per heavy atom. The van der Waals surface area contributed by atoms with Crippen LogP contribution in [-0.4, -0.2) is 21.0 Å². The number of carbonyl (C=O) groups is 1. The number of aliphatic hydroxyl groups excluding tert-OH is 1. The van der Waals surface area contributed by atoms with Crippen LogP contribution >= 0.6 is 0 Å². The number of aromatic nitrogens is 2. The molecule has 1 heterocycles. The molecule has 1 N–H and O–H groups in total. The number of rotatable bonds is 4. The third-order valence-corrected chi connectivity index (χ3v) is 3.80. The minimum absolute atomic E-state index is 0.374. The minimum atomic E-state index is -0.974. The first-order valence-corrected chi connectivity index (χ1v) is 7.92. The number of aliphatic hydroxyl groups is 1. The molecular formula is C21H16N2O3. The monoisotopic (exact) mass is 344 g/mol. The molecule has 0 aliphatic rings. The number of hydrogen-bond donors (Lipinski definition) is 1. The molecular weight excluding hydrogens is 328 g/mol. The largest absolute Gasteiger partial charge is 0.423 e. The highest BCUT2D eigenvalue weighted by molar-refractivity contribution is 5.91. The van der Waals surface area contributed by atoms with Gasteiger partial charge >= 0.3 is 5.97 Å². The van der Waals surface area contributed by atoms with Gasteiger partial charge in [0, 0.05) is 18.0 Å². The number of esters is 1. The summed E-state index contributed by atoms with van der Waals surface area (Å²) in [4.78, 5) is 20.6. The van der Waals surface area contributed by atoms with Gasteiger partial charge < -0.3 is 9.84 Å². The smallest absolute Gasteiger partial charge is 0.343 e. The van der Waals surface area contributed by atoms with Crippen molar-refractivity contribution < 1.29 is 14.6 Å². The van der Waals surface area contributed by atoms with Crippen molar-refractivity contribution in [1.29, 1.82) is 0 Å². The highest BCUT2D eigenvalue weighted by Gasteiger charge is 2.10. The molecule has 0 fully saturated rings. The van der Waals surface area contributed by atoms with Crippen molar-refractivity contribution in [2.45, 2.75) is 13.0 Å². The molecule has 0 radical (unpaired) electrons. The number of terminal acetylenes is 1. The fourth-order valence-corrected chi connectivity index (χ4v) is 2.32. The second-order valence-corrected chi connectivity index (χ2v) is 5.62. The van der Waals surface area contributed by atoms with E-state index in [1.165, 1.54) is 0 Å². The standard InChI is InChI=1S/C21H16N2O3/c1-3-20(24)16-8-10-19(11-9-16)26-21(25)17-6-4-15(5-7-17)18-12-22-14(2)23-13-18/h1,4-13,20,24H,2H3. The second-order valence-electron chi connectivity index (χ2n) is 5.62. The lowest BCUT2D eigenvalue weighted by atomic mass is 10.1. The van der Waals surface area contributed by atoms with Crippen molar-refractivity contribution in [2.75, 3.05) is 0 Å². The Hall–Kier alpha value is -3.49. The van der Waals surface area contributed by atoms with Crippen LogP contribution in [0.2, 0.25) is 0 Å². The summed E-state index contributed by atoms with van der Waals surface area (Å²) >= 11 is 0. The molecule has 128 valence electrons. The zero-order valence-corrected chi connectivity index (χ0v) is 14.1. The van der Waals surface area contributed by atoms with Crippen LogP contribution in [-0.2, 0) is 0 Å². The predicted octanol–water partition coefficient (Wildman–Crippen LogP) is 3.34. The Bertz CT molecular complexity index is 941. The summed E-state index contributed by atoms with van der Waals surface area (Å²) in [6.45, 7) is 1.82. The van der Waals surface area contributed by atoms with Crippen molar-refractivity contribution in [2.24, 2.45) is 0 Å². The number of benzene rings is 2. The van der Waals surface area contributed by atoms with Crippen LogP contribution in [0, 0.1) is 19.3 Å². The van der Waals surface area contributed by atoms with Crippen LogP contribution < -0.4 is 4.74 Å². The van der Waals surface area contributed by atoms with E-state index in [0.717, 1.165) is 11.1 Å². The minimum Gasteiger partial charge on any atom is -0.423 e. The van der Waals surface area contributed by atoms with Crippen LogP contribution in [0.5, 0.6) is 5.75 Å². The summed E-state index contributed by atoms with van der Waals surface area (Å²) in [5.41, 5.74) is 2.78. The molecule has 1 unspecified atom stereocenters. The van der Waals surface area contributed by atoms with E-state index in [0.29, 0.717) is 22.7 Å². The summed E-state index contributed by atoms with van der Waals surface area (Å²) in [5, 5.41) is 9.56. The van der Waals surface area contributed by atoms with Gasteiger partial charge in [-0.15, -0.1) is 6.42 Å². The van der Waals surface area contributed by atoms with Crippen LogP contribution in [0.4, 0.5) is 0 Å². The average molecular weight is 344 g/mol. The maximum Gasteiger partial charge on any atom is 0.343 e. The van der Waals surface area contributed by atoms with E-state index in [4.69, 9.17) is 11.2 Å². The van der Waals surface area contributed by atoms with E-state index in [1.807, 2.05) is 19.1 Å². The average Bonchev–Trinajstić information content (AvgIpc) is 2.68. The van der Waals surface area contributed by atoms with E-state index >= 15 is 0 Å². The van der Waals surface area contributed by atoms with Gasteiger partial charge in [-0.25, -0.2) is 14.8 Å². The molecule has 0 bridgehead atoms. The molecule has 2 aromatic carbocycles. The van der Waals surface area contributed by atoms with Gasteiger partial charge in [-0.1, -0.05) is 30.2 Å². The molecule has 3 aromatic rings. The summed E-state index contributed by atoms with van der Waals surface area (Å²) in [6.07, 6.45) is 7.67. The SMILES string of the molecule is C#CC(O)c1ccc(OC(=O)c2ccc(-c3cnc(C)nc3)cc2)cc1. The van der Waals surface area contributed by atoms with Gasteiger partial charge in [0.1, 0.15) is 17.7 Å². The third kappa shape index (κ3) is 3.94. The fraction of sp³-hybridized carbons (Fsp3) is 0.0952. The van der Waals surface area contributed by atoms with E-state index in [1.54, 1.807) is 48.8 Å². The van der Waals surface area contributed by atoms with E-state index in [2.05, 4.69) is 15.9 Å². The quantitative estimate of drug-likeness (QED) is 0.446. The van der Waals surface area contributed by atoms with E-state index < -0.39 is 12.1 Å². The van der Waals surface area contributed by atoms with Crippen LogP contribution in [0.1, 0.15) is 27.8 Å². The lowest BCUT2D eigenvalue weighted by Crippen LogP contribution is -2.08. The Balaban J connectivity index is 1.70. The summed E-state index contributed by atoms with van der Waals surface area (Å²) < 4.78 is 5.33. The summed E-state index contributed by atoms with van der Waals surface area (Å²) in [7, 11) is 0. The summed E-state index contributed by atoms with van der Waals surface area (Å²) in [6, 6.07) is 13.4. The molecule has 1 aromatic heterocycles. The molecule has 1 atom stereocenters. The number of ether oxygens (including phenoxy) is 1. The molecule has 5 nitrogen and oxygen atoms in total. The first kappa shape index (κ1) is 17.3. The molecule has 3 rings (SSSR count). The number of carbonyl (C=O) groups excluding carboxylic acids is 1. The molecule has 0 saturated heterocycles. The Kier molecular flexibility index (Phi) is 5.07. The molecule has 0 aliphatic heterocycles. The summed E-state index contributed by atoms with van der Waals surface area (Å²) in [5.74, 6) is 2.84. The van der Waals surface area contributed by atoms with Crippen molar-refractivity contribution >= 4 is 5.97 Å². The van der Waals surface area contributed by atoms with E-state index in [-0.39, 0.29) is 0 Å². The van der Waals surface area contributed by atoms with Crippen molar-refractivity contribution in [3.8, 4) is 29.2 Å². The van der Waals surface area contributed by atoms with Gasteiger partial charge in [0.05, 0.1) is 5.56 Å². The fourth-order valence-electron chi connectivity index (χ4n) is 2.32. The Morgan fingerprint density at radius 1 is 1.04 bits per heavy atom. The zero-order valence-electron chi connectivity index (χ0n) is 14.1. The van der Waals surface area contributed by atoms with Gasteiger partial charge in [0.2, 0.25) is 0 Å². The van der Waals surface area contributed by atoms with Crippen molar-refractivity contribution in [3.63, 3.8) is 0 Å². The van der Waals surface area contributed by atoms with Gasteiger partial charge in [-0.2, -0.15) is 0 Å². The number of nitrogens with zero attached hydrogens (tertiary/aromatic N) is 2. The molecule has 0 amide bonds. The highest BCUT2D eigenvalue weighted by Crippen LogP contribution is 2.21. The zero-order chi connectivity index (χ0) is 18.5. The number of hydrogen-bond acceptors (Lipinski definition) is 5. The van der Waals surface area contributed by atoms with Crippen LogP contribution in [0.15, 0.2) is 60.9 Å². The lowest BCUT2D eigenvalue weighted by Gasteiger charge is -2.07. The number of aryl methyl sites for hydroxylation is 1. The van der Waals surface area contributed by atoms with Crippen LogP contribution in [0.25, 0.3) is 11.1 Å². The molecule has 0 spiro atoms. The van der Waals surface area contributed by atoms with Gasteiger partial charge in [-0.3, -0.25) is 0 Å². The maximum atomic E-state index is 12.3. The predicted molar refractivity (Wildman–Crippen MR) is 97.4 cm³/mol. The maximum absolute atomic E-state index is 12.3. The molecule has 0 aliphatic carbocycles.